The maximum Gasteiger partial charge on any atom is 0.308 e. The van der Waals surface area contributed by atoms with Crippen LogP contribution in [0.3, 0.4) is 0 Å². The third-order valence-corrected chi connectivity index (χ3v) is 4.78. The highest BCUT2D eigenvalue weighted by Crippen LogP contribution is 2.26. The molecule has 2 rings (SSSR count). The number of thioether (sulfide) groups is 1. The fourth-order valence-corrected chi connectivity index (χ4v) is 3.33. The van der Waals surface area contributed by atoms with Gasteiger partial charge in [-0.25, -0.2) is 0 Å². The quantitative estimate of drug-likeness (QED) is 0.814. The number of benzene rings is 1. The first-order chi connectivity index (χ1) is 10.5. The molecule has 120 valence electrons. The van der Waals surface area contributed by atoms with Crippen LogP contribution in [0.2, 0.25) is 0 Å². The SMILES string of the molecule is CCOc1ccc(SCC(=O)N2C[C@@H](C)[C@H](C(=O)O)C2)cc1. The van der Waals surface area contributed by atoms with Gasteiger partial charge in [0.1, 0.15) is 5.75 Å². The maximum atomic E-state index is 12.2. The number of amides is 1. The molecule has 1 saturated heterocycles. The summed E-state index contributed by atoms with van der Waals surface area (Å²) in [5.74, 6) is -0.115. The number of carboxylic acid groups (broad SMARTS) is 1. The molecule has 0 aliphatic carbocycles. The lowest BCUT2D eigenvalue weighted by atomic mass is 9.99. The first-order valence-electron chi connectivity index (χ1n) is 7.37. The number of rotatable bonds is 6. The summed E-state index contributed by atoms with van der Waals surface area (Å²) in [6, 6.07) is 7.62. The summed E-state index contributed by atoms with van der Waals surface area (Å²) in [4.78, 5) is 25.9. The summed E-state index contributed by atoms with van der Waals surface area (Å²) >= 11 is 1.46. The highest BCUT2D eigenvalue weighted by molar-refractivity contribution is 8.00. The van der Waals surface area contributed by atoms with Crippen molar-refractivity contribution in [1.82, 2.24) is 4.90 Å². The van der Waals surface area contributed by atoms with E-state index in [1.807, 2.05) is 38.1 Å². The van der Waals surface area contributed by atoms with Crippen LogP contribution in [-0.2, 0) is 9.59 Å². The first-order valence-corrected chi connectivity index (χ1v) is 8.36. The number of carbonyl (C=O) groups is 2. The molecule has 0 radical (unpaired) electrons. The van der Waals surface area contributed by atoms with Gasteiger partial charge in [0.25, 0.3) is 0 Å². The van der Waals surface area contributed by atoms with Crippen molar-refractivity contribution in [3.8, 4) is 5.75 Å². The van der Waals surface area contributed by atoms with Crippen LogP contribution in [0.25, 0.3) is 0 Å². The molecule has 22 heavy (non-hydrogen) atoms. The summed E-state index contributed by atoms with van der Waals surface area (Å²) in [5.41, 5.74) is 0. The van der Waals surface area contributed by atoms with Crippen LogP contribution in [0.1, 0.15) is 13.8 Å². The minimum Gasteiger partial charge on any atom is -0.494 e. The molecule has 1 N–H and O–H groups in total. The van der Waals surface area contributed by atoms with Gasteiger partial charge in [-0.05, 0) is 37.1 Å². The van der Waals surface area contributed by atoms with Crippen LogP contribution in [-0.4, -0.2) is 47.3 Å². The molecule has 0 saturated carbocycles. The van der Waals surface area contributed by atoms with Gasteiger partial charge in [0.2, 0.25) is 5.91 Å². The second kappa shape index (κ2) is 7.54. The van der Waals surface area contributed by atoms with Crippen molar-refractivity contribution < 1.29 is 19.4 Å². The second-order valence-corrected chi connectivity index (χ2v) is 6.46. The molecule has 1 aromatic rings. The van der Waals surface area contributed by atoms with E-state index in [0.29, 0.717) is 25.4 Å². The number of ether oxygens (including phenoxy) is 1. The molecule has 1 aromatic carbocycles. The number of carbonyl (C=O) groups excluding carboxylic acids is 1. The summed E-state index contributed by atoms with van der Waals surface area (Å²) in [6.45, 7) is 5.29. The van der Waals surface area contributed by atoms with Gasteiger partial charge in [-0.3, -0.25) is 9.59 Å². The Labute approximate surface area is 134 Å². The van der Waals surface area contributed by atoms with Crippen molar-refractivity contribution in [2.45, 2.75) is 18.7 Å². The fourth-order valence-electron chi connectivity index (χ4n) is 2.53. The minimum absolute atomic E-state index is 0.00511. The summed E-state index contributed by atoms with van der Waals surface area (Å²) < 4.78 is 5.37. The molecule has 0 aromatic heterocycles. The molecular formula is C16H21NO4S. The molecular weight excluding hydrogens is 302 g/mol. The number of carboxylic acids is 1. The average molecular weight is 323 g/mol. The molecule has 0 spiro atoms. The average Bonchev–Trinajstić information content (AvgIpc) is 2.89. The van der Waals surface area contributed by atoms with Crippen LogP contribution in [0, 0.1) is 11.8 Å². The van der Waals surface area contributed by atoms with E-state index in [9.17, 15) is 9.59 Å². The Morgan fingerprint density at radius 1 is 1.32 bits per heavy atom. The summed E-state index contributed by atoms with van der Waals surface area (Å²) in [6.07, 6.45) is 0. The standard InChI is InChI=1S/C16H21NO4S/c1-3-21-12-4-6-13(7-5-12)22-10-15(18)17-8-11(2)14(9-17)16(19)20/h4-7,11,14H,3,8-10H2,1-2H3,(H,19,20)/t11-,14-/m1/s1. The van der Waals surface area contributed by atoms with Crippen molar-refractivity contribution >= 4 is 23.6 Å². The van der Waals surface area contributed by atoms with Gasteiger partial charge >= 0.3 is 5.97 Å². The van der Waals surface area contributed by atoms with E-state index in [4.69, 9.17) is 9.84 Å². The van der Waals surface area contributed by atoms with Gasteiger partial charge in [-0.2, -0.15) is 0 Å². The molecule has 1 amide bonds. The van der Waals surface area contributed by atoms with Crippen molar-refractivity contribution in [1.29, 1.82) is 0 Å². The zero-order chi connectivity index (χ0) is 16.1. The van der Waals surface area contributed by atoms with Gasteiger partial charge in [-0.15, -0.1) is 11.8 Å². The molecule has 1 heterocycles. The van der Waals surface area contributed by atoms with Gasteiger partial charge in [-0.1, -0.05) is 6.92 Å². The molecule has 0 unspecified atom stereocenters. The van der Waals surface area contributed by atoms with E-state index < -0.39 is 11.9 Å². The Hall–Kier alpha value is -1.69. The number of likely N-dealkylation sites (tertiary alicyclic amines) is 1. The molecule has 2 atom stereocenters. The molecule has 6 heteroatoms. The largest absolute Gasteiger partial charge is 0.494 e. The van der Waals surface area contributed by atoms with E-state index in [1.165, 1.54) is 11.8 Å². The van der Waals surface area contributed by atoms with E-state index in [2.05, 4.69) is 0 Å². The molecule has 1 fully saturated rings. The first kappa shape index (κ1) is 16.7. The topological polar surface area (TPSA) is 66.8 Å². The predicted molar refractivity (Wildman–Crippen MR) is 85.2 cm³/mol. The number of hydrogen-bond acceptors (Lipinski definition) is 4. The number of aliphatic carboxylic acids is 1. The Balaban J connectivity index is 1.84. The zero-order valence-electron chi connectivity index (χ0n) is 12.8. The van der Waals surface area contributed by atoms with Gasteiger partial charge in [0.05, 0.1) is 18.3 Å². The predicted octanol–water partition coefficient (Wildman–Crippen LogP) is 2.36. The third-order valence-electron chi connectivity index (χ3n) is 3.78. The normalized spacial score (nSPS) is 20.9. The lowest BCUT2D eigenvalue weighted by Crippen LogP contribution is -2.31. The van der Waals surface area contributed by atoms with Crippen LogP contribution >= 0.6 is 11.8 Å². The second-order valence-electron chi connectivity index (χ2n) is 5.41. The van der Waals surface area contributed by atoms with Crippen molar-refractivity contribution in [2.75, 3.05) is 25.4 Å². The summed E-state index contributed by atoms with van der Waals surface area (Å²) in [7, 11) is 0. The van der Waals surface area contributed by atoms with Crippen molar-refractivity contribution in [3.05, 3.63) is 24.3 Å². The van der Waals surface area contributed by atoms with Crippen LogP contribution < -0.4 is 4.74 Å². The molecule has 0 bridgehead atoms. The maximum absolute atomic E-state index is 12.2. The lowest BCUT2D eigenvalue weighted by molar-refractivity contribution is -0.142. The third kappa shape index (κ3) is 4.16. The van der Waals surface area contributed by atoms with E-state index in [-0.39, 0.29) is 11.8 Å². The van der Waals surface area contributed by atoms with E-state index in [1.54, 1.807) is 4.90 Å². The molecule has 1 aliphatic heterocycles. The molecule has 5 nitrogen and oxygen atoms in total. The van der Waals surface area contributed by atoms with Crippen LogP contribution in [0.5, 0.6) is 5.75 Å². The van der Waals surface area contributed by atoms with E-state index >= 15 is 0 Å². The Kier molecular flexibility index (Phi) is 5.71. The van der Waals surface area contributed by atoms with Crippen LogP contribution in [0.4, 0.5) is 0 Å². The smallest absolute Gasteiger partial charge is 0.308 e. The highest BCUT2D eigenvalue weighted by Gasteiger charge is 2.36. The van der Waals surface area contributed by atoms with Gasteiger partial charge < -0.3 is 14.7 Å². The highest BCUT2D eigenvalue weighted by atomic mass is 32.2. The van der Waals surface area contributed by atoms with Crippen molar-refractivity contribution in [3.63, 3.8) is 0 Å². The van der Waals surface area contributed by atoms with Crippen LogP contribution in [0.15, 0.2) is 29.2 Å². The van der Waals surface area contributed by atoms with Gasteiger partial charge in [0, 0.05) is 18.0 Å². The van der Waals surface area contributed by atoms with Gasteiger partial charge in [0.15, 0.2) is 0 Å². The fraction of sp³-hybridized carbons (Fsp3) is 0.500. The minimum atomic E-state index is -0.818. The van der Waals surface area contributed by atoms with Crippen molar-refractivity contribution in [2.24, 2.45) is 11.8 Å². The monoisotopic (exact) mass is 323 g/mol. The molecule has 1 aliphatic rings. The Bertz CT molecular complexity index is 531. The Morgan fingerprint density at radius 3 is 2.55 bits per heavy atom. The Morgan fingerprint density at radius 2 is 2.00 bits per heavy atom. The van der Waals surface area contributed by atoms with E-state index in [0.717, 1.165) is 10.6 Å². The lowest BCUT2D eigenvalue weighted by Gasteiger charge is -2.15. The number of hydrogen-bond donors (Lipinski definition) is 1. The number of nitrogens with zero attached hydrogens (tertiary/aromatic N) is 1. The summed E-state index contributed by atoms with van der Waals surface area (Å²) in [5, 5.41) is 9.11. The zero-order valence-corrected chi connectivity index (χ0v) is 13.6.